The van der Waals surface area contributed by atoms with Crippen LogP contribution in [0.2, 0.25) is 5.02 Å². The first kappa shape index (κ1) is 18.5. The second-order valence-electron chi connectivity index (χ2n) is 7.24. The van der Waals surface area contributed by atoms with Crippen molar-refractivity contribution in [2.75, 3.05) is 7.11 Å². The van der Waals surface area contributed by atoms with Gasteiger partial charge in [-0.2, -0.15) is 0 Å². The van der Waals surface area contributed by atoms with Crippen LogP contribution in [0.3, 0.4) is 0 Å². The van der Waals surface area contributed by atoms with E-state index in [2.05, 4.69) is 11.1 Å². The summed E-state index contributed by atoms with van der Waals surface area (Å²) in [5.41, 5.74) is 4.53. The summed E-state index contributed by atoms with van der Waals surface area (Å²) >= 11 is 6.45. The number of methoxy groups -OCH3 is 1. The Balaban J connectivity index is 1.83. The molecule has 5 heteroatoms. The zero-order valence-electron chi connectivity index (χ0n) is 16.0. The van der Waals surface area contributed by atoms with E-state index < -0.39 is 5.60 Å². The number of hydrogen-bond donors (Lipinski definition) is 1. The molecule has 0 aliphatic carbocycles. The van der Waals surface area contributed by atoms with Gasteiger partial charge < -0.3 is 9.84 Å². The lowest BCUT2D eigenvalue weighted by molar-refractivity contribution is 0.0787. The highest BCUT2D eigenvalue weighted by atomic mass is 35.5. The zero-order valence-corrected chi connectivity index (χ0v) is 16.7. The lowest BCUT2D eigenvalue weighted by atomic mass is 9.98. The molecule has 0 atom stereocenters. The molecule has 0 amide bonds. The maximum absolute atomic E-state index is 10.3. The SMILES string of the molecule is COc1cccc(Cl)c1-c1cccc(-n2cnc3cc(C(C)(C)O)ccc32)c1. The Morgan fingerprint density at radius 1 is 1.04 bits per heavy atom. The van der Waals surface area contributed by atoms with E-state index in [1.807, 2.05) is 59.2 Å². The Morgan fingerprint density at radius 3 is 2.57 bits per heavy atom. The fraction of sp³-hybridized carbons (Fsp3) is 0.174. The number of aromatic nitrogens is 2. The van der Waals surface area contributed by atoms with Crippen LogP contribution in [-0.2, 0) is 5.60 Å². The van der Waals surface area contributed by atoms with E-state index in [1.54, 1.807) is 27.3 Å². The Kier molecular flexibility index (Phi) is 4.61. The largest absolute Gasteiger partial charge is 0.496 e. The van der Waals surface area contributed by atoms with Gasteiger partial charge in [0.25, 0.3) is 0 Å². The van der Waals surface area contributed by atoms with Gasteiger partial charge in [0.05, 0.1) is 28.8 Å². The first-order chi connectivity index (χ1) is 13.4. The van der Waals surface area contributed by atoms with Gasteiger partial charge in [0.1, 0.15) is 12.1 Å². The molecule has 1 heterocycles. The highest BCUT2D eigenvalue weighted by Crippen LogP contribution is 2.37. The Labute approximate surface area is 169 Å². The number of benzene rings is 3. The minimum atomic E-state index is -0.904. The third-order valence-electron chi connectivity index (χ3n) is 4.86. The molecule has 0 saturated carbocycles. The topological polar surface area (TPSA) is 47.3 Å². The van der Waals surface area contributed by atoms with E-state index in [9.17, 15) is 5.11 Å². The van der Waals surface area contributed by atoms with Crippen molar-refractivity contribution in [2.24, 2.45) is 0 Å². The van der Waals surface area contributed by atoms with Crippen molar-refractivity contribution in [2.45, 2.75) is 19.4 Å². The number of nitrogens with zero attached hydrogens (tertiary/aromatic N) is 2. The number of fused-ring (bicyclic) bond motifs is 1. The molecule has 4 nitrogen and oxygen atoms in total. The monoisotopic (exact) mass is 392 g/mol. The van der Waals surface area contributed by atoms with Crippen molar-refractivity contribution in [3.05, 3.63) is 77.6 Å². The van der Waals surface area contributed by atoms with E-state index in [0.29, 0.717) is 5.02 Å². The molecule has 4 rings (SSSR count). The van der Waals surface area contributed by atoms with Crippen molar-refractivity contribution < 1.29 is 9.84 Å². The van der Waals surface area contributed by atoms with Gasteiger partial charge in [-0.3, -0.25) is 4.57 Å². The summed E-state index contributed by atoms with van der Waals surface area (Å²) in [5.74, 6) is 0.731. The van der Waals surface area contributed by atoms with Gasteiger partial charge in [0.2, 0.25) is 0 Å². The quantitative estimate of drug-likeness (QED) is 0.493. The molecule has 4 aromatic rings. The Hall–Kier alpha value is -2.82. The van der Waals surface area contributed by atoms with E-state index in [0.717, 1.165) is 39.2 Å². The lowest BCUT2D eigenvalue weighted by Crippen LogP contribution is -2.15. The fourth-order valence-corrected chi connectivity index (χ4v) is 3.64. The number of hydrogen-bond acceptors (Lipinski definition) is 3. The normalized spacial score (nSPS) is 11.8. The number of rotatable bonds is 4. The number of halogens is 1. The highest BCUT2D eigenvalue weighted by Gasteiger charge is 2.18. The van der Waals surface area contributed by atoms with Crippen molar-refractivity contribution >= 4 is 22.6 Å². The van der Waals surface area contributed by atoms with Gasteiger partial charge in [-0.05, 0) is 61.4 Å². The molecule has 0 unspecified atom stereocenters. The maximum atomic E-state index is 10.3. The van der Waals surface area contributed by atoms with Gasteiger partial charge in [0, 0.05) is 11.3 Å². The van der Waals surface area contributed by atoms with Crippen LogP contribution in [-0.4, -0.2) is 21.8 Å². The average molecular weight is 393 g/mol. The van der Waals surface area contributed by atoms with Crippen LogP contribution in [0.5, 0.6) is 5.75 Å². The summed E-state index contributed by atoms with van der Waals surface area (Å²) in [6.07, 6.45) is 1.79. The summed E-state index contributed by atoms with van der Waals surface area (Å²) in [6.45, 7) is 3.54. The molecule has 3 aromatic carbocycles. The van der Waals surface area contributed by atoms with Crippen molar-refractivity contribution in [3.8, 4) is 22.6 Å². The molecule has 0 spiro atoms. The van der Waals surface area contributed by atoms with Crippen LogP contribution in [0.1, 0.15) is 19.4 Å². The maximum Gasteiger partial charge on any atom is 0.128 e. The number of aliphatic hydroxyl groups is 1. The summed E-state index contributed by atoms with van der Waals surface area (Å²) in [6, 6.07) is 19.6. The van der Waals surface area contributed by atoms with E-state index in [1.165, 1.54) is 0 Å². The van der Waals surface area contributed by atoms with Crippen LogP contribution in [0.4, 0.5) is 0 Å². The van der Waals surface area contributed by atoms with Gasteiger partial charge in [-0.15, -0.1) is 0 Å². The zero-order chi connectivity index (χ0) is 19.9. The molecule has 0 saturated heterocycles. The second kappa shape index (κ2) is 6.97. The standard InChI is InChI=1S/C23H21ClN2O2/c1-23(2,27)16-10-11-20-19(13-16)25-14-26(20)17-7-4-6-15(12-17)22-18(24)8-5-9-21(22)28-3/h4-14,27H,1-3H3. The summed E-state index contributed by atoms with van der Waals surface area (Å²) in [5, 5.41) is 10.9. The highest BCUT2D eigenvalue weighted by molar-refractivity contribution is 6.33. The van der Waals surface area contributed by atoms with Crippen LogP contribution >= 0.6 is 11.6 Å². The molecule has 1 aromatic heterocycles. The third-order valence-corrected chi connectivity index (χ3v) is 5.18. The van der Waals surface area contributed by atoms with Crippen LogP contribution in [0, 0.1) is 0 Å². The lowest BCUT2D eigenvalue weighted by Gasteiger charge is -2.17. The predicted octanol–water partition coefficient (Wildman–Crippen LogP) is 5.58. The summed E-state index contributed by atoms with van der Waals surface area (Å²) in [4.78, 5) is 4.52. The molecule has 28 heavy (non-hydrogen) atoms. The smallest absolute Gasteiger partial charge is 0.128 e. The molecule has 0 fully saturated rings. The number of imidazole rings is 1. The fourth-order valence-electron chi connectivity index (χ4n) is 3.36. The first-order valence-electron chi connectivity index (χ1n) is 9.02. The van der Waals surface area contributed by atoms with E-state index in [4.69, 9.17) is 16.3 Å². The molecular formula is C23H21ClN2O2. The number of ether oxygens (including phenoxy) is 1. The molecule has 0 radical (unpaired) electrons. The second-order valence-corrected chi connectivity index (χ2v) is 7.65. The third kappa shape index (κ3) is 3.26. The Morgan fingerprint density at radius 2 is 1.82 bits per heavy atom. The van der Waals surface area contributed by atoms with Gasteiger partial charge in [-0.25, -0.2) is 4.98 Å². The molecule has 0 aliphatic rings. The molecule has 0 bridgehead atoms. The van der Waals surface area contributed by atoms with E-state index in [-0.39, 0.29) is 0 Å². The molecule has 142 valence electrons. The van der Waals surface area contributed by atoms with Crippen molar-refractivity contribution in [1.82, 2.24) is 9.55 Å². The van der Waals surface area contributed by atoms with Crippen LogP contribution in [0.25, 0.3) is 27.8 Å². The van der Waals surface area contributed by atoms with Gasteiger partial charge >= 0.3 is 0 Å². The van der Waals surface area contributed by atoms with Crippen LogP contribution in [0.15, 0.2) is 67.0 Å². The summed E-state index contributed by atoms with van der Waals surface area (Å²) in [7, 11) is 1.64. The van der Waals surface area contributed by atoms with Crippen molar-refractivity contribution in [3.63, 3.8) is 0 Å². The predicted molar refractivity (Wildman–Crippen MR) is 113 cm³/mol. The Bertz CT molecular complexity index is 1160. The molecular weight excluding hydrogens is 372 g/mol. The minimum Gasteiger partial charge on any atom is -0.496 e. The molecule has 0 aliphatic heterocycles. The minimum absolute atomic E-state index is 0.641. The average Bonchev–Trinajstić information content (AvgIpc) is 3.10. The van der Waals surface area contributed by atoms with E-state index >= 15 is 0 Å². The first-order valence-corrected chi connectivity index (χ1v) is 9.39. The van der Waals surface area contributed by atoms with Gasteiger partial charge in [0.15, 0.2) is 0 Å². The van der Waals surface area contributed by atoms with Gasteiger partial charge in [-0.1, -0.05) is 35.9 Å². The van der Waals surface area contributed by atoms with Crippen molar-refractivity contribution in [1.29, 1.82) is 0 Å². The molecule has 1 N–H and O–H groups in total. The van der Waals surface area contributed by atoms with Crippen LogP contribution < -0.4 is 4.74 Å². The summed E-state index contributed by atoms with van der Waals surface area (Å²) < 4.78 is 7.52.